The van der Waals surface area contributed by atoms with Crippen LogP contribution >= 0.6 is 0 Å². The van der Waals surface area contributed by atoms with Crippen LogP contribution in [0.5, 0.6) is 0 Å². The largest absolute Gasteiger partial charge is 0.396 e. The van der Waals surface area contributed by atoms with E-state index in [0.29, 0.717) is 24.2 Å². The Hall–Kier alpha value is -1.95. The number of rotatable bonds is 6. The molecule has 17 heavy (non-hydrogen) atoms. The molecule has 6 heteroatoms. The normalized spacial score (nSPS) is 10.7. The van der Waals surface area contributed by atoms with Crippen LogP contribution in [0, 0.1) is 0 Å². The summed E-state index contributed by atoms with van der Waals surface area (Å²) in [5.74, 6) is -0.530. The molecule has 0 aromatic heterocycles. The zero-order chi connectivity index (χ0) is 12.7. The maximum atomic E-state index is 11.1. The molecule has 1 aromatic carbocycles. The summed E-state index contributed by atoms with van der Waals surface area (Å²) in [5.41, 5.74) is 5.99. The van der Waals surface area contributed by atoms with Crippen LogP contribution in [0.25, 0.3) is 0 Å². The van der Waals surface area contributed by atoms with Crippen LogP contribution in [-0.2, 0) is 0 Å². The van der Waals surface area contributed by atoms with Gasteiger partial charge in [-0.3, -0.25) is 9.80 Å². The highest BCUT2D eigenvalue weighted by atomic mass is 16.3. The highest BCUT2D eigenvalue weighted by Crippen LogP contribution is 2.18. The predicted octanol–water partition coefficient (Wildman–Crippen LogP) is 1.10. The lowest BCUT2D eigenvalue weighted by Crippen LogP contribution is -2.13. The van der Waals surface area contributed by atoms with Crippen LogP contribution < -0.4 is 5.73 Å². The Morgan fingerprint density at radius 2 is 2.18 bits per heavy atom. The summed E-state index contributed by atoms with van der Waals surface area (Å²) in [6.45, 7) is 0.705. The number of benzene rings is 1. The fraction of sp³-hybridized carbons (Fsp3) is 0.364. The van der Waals surface area contributed by atoms with Crippen LogP contribution in [0.15, 0.2) is 34.6 Å². The van der Waals surface area contributed by atoms with Crippen molar-refractivity contribution in [1.29, 1.82) is 0 Å². The maximum absolute atomic E-state index is 11.1. The van der Waals surface area contributed by atoms with Crippen LogP contribution in [-0.4, -0.2) is 36.2 Å². The Morgan fingerprint density at radius 1 is 1.47 bits per heavy atom. The van der Waals surface area contributed by atoms with Gasteiger partial charge in [-0.05, 0) is 18.6 Å². The fourth-order valence-electron chi connectivity index (χ4n) is 1.24. The molecule has 0 aliphatic carbocycles. The number of carbonyl (C=O) groups is 1. The van der Waals surface area contributed by atoms with Gasteiger partial charge in [-0.1, -0.05) is 17.4 Å². The third-order valence-electron chi connectivity index (χ3n) is 2.11. The Bertz CT molecular complexity index is 406. The summed E-state index contributed by atoms with van der Waals surface area (Å²) >= 11 is 0. The lowest BCUT2D eigenvalue weighted by Gasteiger charge is -2.09. The Balaban J connectivity index is 2.73. The zero-order valence-electron chi connectivity index (χ0n) is 9.71. The molecule has 0 saturated carbocycles. The van der Waals surface area contributed by atoms with Crippen molar-refractivity contribution in [2.45, 2.75) is 6.42 Å². The number of carbonyl (C=O) groups excluding carboxylic acids is 1. The van der Waals surface area contributed by atoms with E-state index < -0.39 is 5.91 Å². The first-order chi connectivity index (χ1) is 8.15. The lowest BCUT2D eigenvalue weighted by molar-refractivity contribution is 0.100. The second-order valence-corrected chi connectivity index (χ2v) is 3.53. The molecule has 0 atom stereocenters. The topological polar surface area (TPSA) is 91.3 Å². The SMILES string of the molecule is CN(CCCO)N=Nc1ccccc1C(N)=O. The van der Waals surface area contributed by atoms with E-state index in [1.165, 1.54) is 0 Å². The summed E-state index contributed by atoms with van der Waals surface area (Å²) in [7, 11) is 1.74. The molecule has 0 bridgehead atoms. The maximum Gasteiger partial charge on any atom is 0.250 e. The van der Waals surface area contributed by atoms with Gasteiger partial charge < -0.3 is 10.8 Å². The molecule has 0 spiro atoms. The van der Waals surface area contributed by atoms with Crippen LogP contribution in [0.2, 0.25) is 0 Å². The first-order valence-corrected chi connectivity index (χ1v) is 5.27. The van der Waals surface area contributed by atoms with Gasteiger partial charge >= 0.3 is 0 Å². The molecule has 3 N–H and O–H groups in total. The summed E-state index contributed by atoms with van der Waals surface area (Å²) in [6, 6.07) is 6.75. The monoisotopic (exact) mass is 236 g/mol. The number of nitrogens with two attached hydrogens (primary N) is 1. The fourth-order valence-corrected chi connectivity index (χ4v) is 1.24. The van der Waals surface area contributed by atoms with Crippen molar-refractivity contribution in [3.8, 4) is 0 Å². The Kier molecular flexibility index (Phi) is 5.09. The van der Waals surface area contributed by atoms with E-state index in [0.717, 1.165) is 0 Å². The number of hydrogen-bond donors (Lipinski definition) is 2. The molecule has 92 valence electrons. The molecule has 0 unspecified atom stereocenters. The molecule has 0 fully saturated rings. The number of amides is 1. The minimum Gasteiger partial charge on any atom is -0.396 e. The Labute approximate surface area is 99.7 Å². The molecule has 6 nitrogen and oxygen atoms in total. The molecule has 1 aromatic rings. The van der Waals surface area contributed by atoms with Crippen LogP contribution in [0.4, 0.5) is 5.69 Å². The summed E-state index contributed by atoms with van der Waals surface area (Å²) in [5, 5.41) is 18.1. The summed E-state index contributed by atoms with van der Waals surface area (Å²) in [4.78, 5) is 11.1. The van der Waals surface area contributed by atoms with Crippen molar-refractivity contribution in [2.75, 3.05) is 20.2 Å². The first-order valence-electron chi connectivity index (χ1n) is 5.27. The van der Waals surface area contributed by atoms with Crippen molar-refractivity contribution in [3.63, 3.8) is 0 Å². The first kappa shape index (κ1) is 13.1. The smallest absolute Gasteiger partial charge is 0.250 e. The minimum atomic E-state index is -0.530. The number of aliphatic hydroxyl groups excluding tert-OH is 1. The van der Waals surface area contributed by atoms with E-state index in [2.05, 4.69) is 10.3 Å². The number of primary amides is 1. The molecule has 1 rings (SSSR count). The molecule has 0 heterocycles. The van der Waals surface area contributed by atoms with Crippen molar-refractivity contribution in [3.05, 3.63) is 29.8 Å². The minimum absolute atomic E-state index is 0.109. The van der Waals surface area contributed by atoms with Gasteiger partial charge in [-0.25, -0.2) is 0 Å². The van der Waals surface area contributed by atoms with Crippen LogP contribution in [0.1, 0.15) is 16.8 Å². The number of hydrogen-bond acceptors (Lipinski definition) is 4. The van der Waals surface area contributed by atoms with E-state index in [4.69, 9.17) is 10.8 Å². The van der Waals surface area contributed by atoms with Gasteiger partial charge in [0.25, 0.3) is 5.91 Å². The average molecular weight is 236 g/mol. The molecule has 1 amide bonds. The van der Waals surface area contributed by atoms with Gasteiger partial charge in [-0.15, -0.1) is 5.11 Å². The number of aliphatic hydroxyl groups is 1. The third kappa shape index (κ3) is 4.20. The quantitative estimate of drug-likeness (QED) is 0.572. The number of nitrogens with zero attached hydrogens (tertiary/aromatic N) is 3. The predicted molar refractivity (Wildman–Crippen MR) is 63.8 cm³/mol. The average Bonchev–Trinajstić information content (AvgIpc) is 2.34. The molecule has 0 aliphatic heterocycles. The Morgan fingerprint density at radius 3 is 2.82 bits per heavy atom. The molecule has 0 radical (unpaired) electrons. The van der Waals surface area contributed by atoms with Gasteiger partial charge in [0.15, 0.2) is 0 Å². The third-order valence-corrected chi connectivity index (χ3v) is 2.11. The van der Waals surface area contributed by atoms with Crippen molar-refractivity contribution in [1.82, 2.24) is 5.01 Å². The molecular formula is C11H16N4O2. The molecule has 0 aliphatic rings. The van der Waals surface area contributed by atoms with Gasteiger partial charge in [0.2, 0.25) is 0 Å². The van der Waals surface area contributed by atoms with E-state index in [1.807, 2.05) is 0 Å². The van der Waals surface area contributed by atoms with E-state index in [-0.39, 0.29) is 6.61 Å². The zero-order valence-corrected chi connectivity index (χ0v) is 9.71. The highest BCUT2D eigenvalue weighted by Gasteiger charge is 2.06. The second-order valence-electron chi connectivity index (χ2n) is 3.53. The second kappa shape index (κ2) is 6.59. The van der Waals surface area contributed by atoms with Gasteiger partial charge in [0.1, 0.15) is 5.69 Å². The van der Waals surface area contributed by atoms with Gasteiger partial charge in [-0.2, -0.15) is 0 Å². The van der Waals surface area contributed by atoms with E-state index >= 15 is 0 Å². The van der Waals surface area contributed by atoms with Gasteiger partial charge in [0.05, 0.1) is 5.56 Å². The van der Waals surface area contributed by atoms with Crippen molar-refractivity contribution in [2.24, 2.45) is 16.1 Å². The summed E-state index contributed by atoms with van der Waals surface area (Å²) < 4.78 is 0. The van der Waals surface area contributed by atoms with Crippen molar-refractivity contribution < 1.29 is 9.90 Å². The molecular weight excluding hydrogens is 220 g/mol. The molecule has 0 saturated heterocycles. The van der Waals surface area contributed by atoms with Gasteiger partial charge in [0, 0.05) is 20.2 Å². The summed E-state index contributed by atoms with van der Waals surface area (Å²) in [6.07, 6.45) is 0.618. The van der Waals surface area contributed by atoms with Crippen molar-refractivity contribution >= 4 is 11.6 Å². The van der Waals surface area contributed by atoms with Crippen LogP contribution in [0.3, 0.4) is 0 Å². The highest BCUT2D eigenvalue weighted by molar-refractivity contribution is 5.97. The lowest BCUT2D eigenvalue weighted by atomic mass is 10.2. The standard InChI is InChI=1S/C11H16N4O2/c1-15(7-4-8-16)14-13-10-6-3-2-5-9(10)11(12)17/h2-3,5-6,16H,4,7-8H2,1H3,(H2,12,17). The van der Waals surface area contributed by atoms with E-state index in [1.54, 1.807) is 36.3 Å². The van der Waals surface area contributed by atoms with E-state index in [9.17, 15) is 4.79 Å².